The Hall–Kier alpha value is -0.830. The molecule has 1 saturated heterocycles. The molecule has 1 amide bonds. The number of carbonyl (C=O) groups is 1. The molecule has 1 atom stereocenters. The highest BCUT2D eigenvalue weighted by atomic mass is 16.1. The van der Waals surface area contributed by atoms with Crippen molar-refractivity contribution in [2.24, 2.45) is 0 Å². The fourth-order valence-corrected chi connectivity index (χ4v) is 1.64. The van der Waals surface area contributed by atoms with Crippen LogP contribution in [0.4, 0.5) is 0 Å². The summed E-state index contributed by atoms with van der Waals surface area (Å²) >= 11 is 0. The maximum atomic E-state index is 10.9. The molecule has 0 aromatic heterocycles. The normalized spacial score (nSPS) is 24.0. The van der Waals surface area contributed by atoms with Crippen LogP contribution in [0.1, 0.15) is 19.8 Å². The molecule has 0 aromatic rings. The molecule has 0 saturated carbocycles. The molecule has 1 aliphatic heterocycles. The first kappa shape index (κ1) is 10.3. The lowest BCUT2D eigenvalue weighted by Gasteiger charge is -2.18. The number of rotatable bonds is 3. The Bertz CT molecular complexity index is 201. The molecule has 1 rings (SSSR count). The predicted molar refractivity (Wildman–Crippen MR) is 53.5 cm³/mol. The molecule has 0 bridgehead atoms. The molecule has 3 heteroatoms. The molecular formula is C10H18N2O. The second-order valence-corrected chi connectivity index (χ2v) is 3.50. The Balaban J connectivity index is 2.25. The van der Waals surface area contributed by atoms with Crippen molar-refractivity contribution < 1.29 is 4.79 Å². The highest BCUT2D eigenvalue weighted by Crippen LogP contribution is 2.15. The molecule has 1 fully saturated rings. The van der Waals surface area contributed by atoms with Crippen molar-refractivity contribution in [3.63, 3.8) is 0 Å². The van der Waals surface area contributed by atoms with Gasteiger partial charge >= 0.3 is 0 Å². The number of carbonyl (C=O) groups excluding carboxylic acids is 1. The van der Waals surface area contributed by atoms with E-state index in [4.69, 9.17) is 0 Å². The molecule has 0 radical (unpaired) electrons. The van der Waals surface area contributed by atoms with Crippen molar-refractivity contribution in [1.82, 2.24) is 10.2 Å². The van der Waals surface area contributed by atoms with Crippen LogP contribution in [-0.2, 0) is 4.79 Å². The Kier molecular flexibility index (Phi) is 3.96. The van der Waals surface area contributed by atoms with E-state index in [9.17, 15) is 4.79 Å². The minimum atomic E-state index is -0.0214. The third-order valence-electron chi connectivity index (χ3n) is 2.55. The summed E-state index contributed by atoms with van der Waals surface area (Å²) < 4.78 is 0. The summed E-state index contributed by atoms with van der Waals surface area (Å²) in [6.45, 7) is 4.30. The minimum absolute atomic E-state index is 0.0214. The van der Waals surface area contributed by atoms with Gasteiger partial charge in [-0.3, -0.25) is 9.69 Å². The summed E-state index contributed by atoms with van der Waals surface area (Å²) in [5, 5.41) is 2.56. The van der Waals surface area contributed by atoms with Gasteiger partial charge < -0.3 is 5.32 Å². The lowest BCUT2D eigenvalue weighted by molar-refractivity contribution is -0.116. The summed E-state index contributed by atoms with van der Waals surface area (Å²) in [5.74, 6) is -0.0214. The quantitative estimate of drug-likeness (QED) is 0.654. The van der Waals surface area contributed by atoms with Gasteiger partial charge in [0.05, 0.1) is 0 Å². The maximum Gasteiger partial charge on any atom is 0.243 e. The number of amides is 1. The van der Waals surface area contributed by atoms with Gasteiger partial charge in [-0.15, -0.1) is 0 Å². The van der Waals surface area contributed by atoms with Crippen molar-refractivity contribution in [2.75, 3.05) is 20.1 Å². The summed E-state index contributed by atoms with van der Waals surface area (Å²) in [4.78, 5) is 13.2. The van der Waals surface area contributed by atoms with E-state index >= 15 is 0 Å². The first-order valence-corrected chi connectivity index (χ1v) is 4.86. The van der Waals surface area contributed by atoms with E-state index < -0.39 is 0 Å². The largest absolute Gasteiger partial charge is 0.356 e. The van der Waals surface area contributed by atoms with Crippen LogP contribution in [0.15, 0.2) is 12.2 Å². The number of nitrogens with one attached hydrogen (secondary N) is 1. The summed E-state index contributed by atoms with van der Waals surface area (Å²) in [6, 6.07) is 0.675. The van der Waals surface area contributed by atoms with Crippen LogP contribution in [0.25, 0.3) is 0 Å². The van der Waals surface area contributed by atoms with Crippen molar-refractivity contribution in [2.45, 2.75) is 25.8 Å². The third-order valence-corrected chi connectivity index (χ3v) is 2.55. The SMILES string of the molecule is CNC(=O)/C=C/CN1CCCC1C. The summed E-state index contributed by atoms with van der Waals surface area (Å²) in [7, 11) is 1.64. The second kappa shape index (κ2) is 5.02. The van der Waals surface area contributed by atoms with Crippen molar-refractivity contribution in [3.8, 4) is 0 Å². The lowest BCUT2D eigenvalue weighted by atomic mass is 10.2. The van der Waals surface area contributed by atoms with E-state index in [1.54, 1.807) is 13.1 Å². The van der Waals surface area contributed by atoms with E-state index in [-0.39, 0.29) is 5.91 Å². The van der Waals surface area contributed by atoms with Crippen LogP contribution >= 0.6 is 0 Å². The number of nitrogens with zero attached hydrogens (tertiary/aromatic N) is 1. The van der Waals surface area contributed by atoms with Crippen LogP contribution in [0.2, 0.25) is 0 Å². The van der Waals surface area contributed by atoms with E-state index in [1.807, 2.05) is 6.08 Å². The molecule has 13 heavy (non-hydrogen) atoms. The average molecular weight is 182 g/mol. The number of hydrogen-bond donors (Lipinski definition) is 1. The second-order valence-electron chi connectivity index (χ2n) is 3.50. The molecule has 1 unspecified atom stereocenters. The number of hydrogen-bond acceptors (Lipinski definition) is 2. The first-order chi connectivity index (χ1) is 6.24. The zero-order chi connectivity index (χ0) is 9.68. The van der Waals surface area contributed by atoms with E-state index in [0.29, 0.717) is 6.04 Å². The number of likely N-dealkylation sites (tertiary alicyclic amines) is 1. The number of likely N-dealkylation sites (N-methyl/N-ethyl adjacent to an activating group) is 1. The van der Waals surface area contributed by atoms with Crippen molar-refractivity contribution in [3.05, 3.63) is 12.2 Å². The monoisotopic (exact) mass is 182 g/mol. The van der Waals surface area contributed by atoms with Gasteiger partial charge in [0.25, 0.3) is 0 Å². The Labute approximate surface area is 79.8 Å². The average Bonchev–Trinajstić information content (AvgIpc) is 2.52. The molecule has 3 nitrogen and oxygen atoms in total. The van der Waals surface area contributed by atoms with Gasteiger partial charge in [0.1, 0.15) is 0 Å². The highest BCUT2D eigenvalue weighted by molar-refractivity contribution is 5.87. The Morgan fingerprint density at radius 2 is 2.46 bits per heavy atom. The van der Waals surface area contributed by atoms with Crippen molar-refractivity contribution >= 4 is 5.91 Å². The molecule has 0 aromatic carbocycles. The van der Waals surface area contributed by atoms with Crippen LogP contribution in [0.5, 0.6) is 0 Å². The minimum Gasteiger partial charge on any atom is -0.356 e. The zero-order valence-corrected chi connectivity index (χ0v) is 8.42. The smallest absolute Gasteiger partial charge is 0.243 e. The standard InChI is InChI=1S/C10H18N2O/c1-9-5-3-7-12(9)8-4-6-10(13)11-2/h4,6,9H,3,5,7-8H2,1-2H3,(H,11,13)/b6-4+. The fraction of sp³-hybridized carbons (Fsp3) is 0.700. The predicted octanol–water partition coefficient (Wildman–Crippen LogP) is 0.773. The van der Waals surface area contributed by atoms with Crippen molar-refractivity contribution in [1.29, 1.82) is 0 Å². The van der Waals surface area contributed by atoms with Crippen LogP contribution in [0.3, 0.4) is 0 Å². The third kappa shape index (κ3) is 3.19. The van der Waals surface area contributed by atoms with Crippen LogP contribution in [0, 0.1) is 0 Å². The summed E-state index contributed by atoms with van der Waals surface area (Å²) in [6.07, 6.45) is 6.11. The summed E-state index contributed by atoms with van der Waals surface area (Å²) in [5.41, 5.74) is 0. The first-order valence-electron chi connectivity index (χ1n) is 4.86. The van der Waals surface area contributed by atoms with Gasteiger partial charge in [-0.05, 0) is 26.3 Å². The molecule has 74 valence electrons. The molecular weight excluding hydrogens is 164 g/mol. The zero-order valence-electron chi connectivity index (χ0n) is 8.42. The van der Waals surface area contributed by atoms with E-state index in [1.165, 1.54) is 19.4 Å². The molecule has 0 aliphatic carbocycles. The molecule has 1 aliphatic rings. The van der Waals surface area contributed by atoms with Crippen LogP contribution in [-0.4, -0.2) is 37.0 Å². The molecule has 0 spiro atoms. The van der Waals surface area contributed by atoms with Gasteiger partial charge in [0.2, 0.25) is 5.91 Å². The Morgan fingerprint density at radius 1 is 1.69 bits per heavy atom. The van der Waals surface area contributed by atoms with Gasteiger partial charge in [-0.25, -0.2) is 0 Å². The van der Waals surface area contributed by atoms with Gasteiger partial charge in [-0.2, -0.15) is 0 Å². The Morgan fingerprint density at radius 3 is 3.00 bits per heavy atom. The fourth-order valence-electron chi connectivity index (χ4n) is 1.64. The molecule has 1 heterocycles. The van der Waals surface area contributed by atoms with E-state index in [0.717, 1.165) is 6.54 Å². The highest BCUT2D eigenvalue weighted by Gasteiger charge is 2.18. The topological polar surface area (TPSA) is 32.3 Å². The van der Waals surface area contributed by atoms with Gasteiger partial charge in [0, 0.05) is 25.7 Å². The lowest BCUT2D eigenvalue weighted by Crippen LogP contribution is -2.27. The maximum absolute atomic E-state index is 10.9. The van der Waals surface area contributed by atoms with Gasteiger partial charge in [0.15, 0.2) is 0 Å². The van der Waals surface area contributed by atoms with Crippen LogP contribution < -0.4 is 5.32 Å². The van der Waals surface area contributed by atoms with Gasteiger partial charge in [-0.1, -0.05) is 6.08 Å². The molecule has 1 N–H and O–H groups in total. The van der Waals surface area contributed by atoms with E-state index in [2.05, 4.69) is 17.1 Å².